The van der Waals surface area contributed by atoms with Crippen LogP contribution in [0.1, 0.15) is 27.7 Å². The average Bonchev–Trinajstić information content (AvgIpc) is 2.64. The van der Waals surface area contributed by atoms with E-state index in [1.54, 1.807) is 6.92 Å². The summed E-state index contributed by atoms with van der Waals surface area (Å²) in [4.78, 5) is 28.8. The van der Waals surface area contributed by atoms with Crippen LogP contribution in [0, 0.1) is 11.3 Å². The van der Waals surface area contributed by atoms with Crippen molar-refractivity contribution in [3.63, 3.8) is 0 Å². The highest BCUT2D eigenvalue weighted by atomic mass is 16.4. The van der Waals surface area contributed by atoms with Crippen molar-refractivity contribution in [2.24, 2.45) is 11.3 Å². The first kappa shape index (κ1) is 34.0. The predicted molar refractivity (Wildman–Crippen MR) is 107 cm³/mol. The summed E-state index contributed by atoms with van der Waals surface area (Å²) in [5, 5.41) is 58.9. The van der Waals surface area contributed by atoms with Crippen molar-refractivity contribution in [2.45, 2.75) is 27.7 Å². The molecule has 0 saturated heterocycles. The number of carbonyl (C=O) groups is 3. The Labute approximate surface area is 170 Å². The third-order valence-corrected chi connectivity index (χ3v) is 3.36. The minimum atomic E-state index is -0.950. The van der Waals surface area contributed by atoms with E-state index in [-0.39, 0.29) is 49.1 Å². The highest BCUT2D eigenvalue weighted by Gasteiger charge is 2.34. The summed E-state index contributed by atoms with van der Waals surface area (Å²) >= 11 is 0. The molecule has 170 valence electrons. The standard InChI is InChI=1S/C7H16O4.3C4H6O2/c1-6(2-8)7(3-9,4-10)5-11;3*1-3(2)4(5)6/h6,8-11H,2-5H2,1H3;3*1H2,2H3,(H,5,6). The molecule has 0 aromatic heterocycles. The van der Waals surface area contributed by atoms with Gasteiger partial charge >= 0.3 is 17.9 Å². The predicted octanol–water partition coefficient (Wildman–Crippen LogP) is 0.519. The van der Waals surface area contributed by atoms with Crippen LogP contribution in [-0.2, 0) is 14.4 Å². The molecule has 0 aliphatic rings. The maximum atomic E-state index is 9.60. The molecule has 0 aromatic rings. The quantitative estimate of drug-likeness (QED) is 0.271. The number of hydrogen-bond acceptors (Lipinski definition) is 7. The fraction of sp³-hybridized carbons (Fsp3) is 0.526. The molecule has 0 aliphatic carbocycles. The molecule has 0 amide bonds. The van der Waals surface area contributed by atoms with Gasteiger partial charge in [0, 0.05) is 28.7 Å². The zero-order valence-corrected chi connectivity index (χ0v) is 17.4. The van der Waals surface area contributed by atoms with E-state index in [1.807, 2.05) is 0 Å². The molecule has 7 N–H and O–H groups in total. The van der Waals surface area contributed by atoms with Crippen molar-refractivity contribution in [3.05, 3.63) is 36.5 Å². The van der Waals surface area contributed by atoms with Crippen LogP contribution in [0.5, 0.6) is 0 Å². The van der Waals surface area contributed by atoms with Crippen LogP contribution in [0.3, 0.4) is 0 Å². The Hall–Kier alpha value is -2.53. The smallest absolute Gasteiger partial charge is 0.330 e. The van der Waals surface area contributed by atoms with Crippen LogP contribution in [0.15, 0.2) is 36.5 Å². The number of hydrogen-bond donors (Lipinski definition) is 7. The Bertz CT molecular complexity index is 446. The Balaban J connectivity index is -0.000000151. The summed E-state index contributed by atoms with van der Waals surface area (Å²) in [5.74, 6) is -3.11. The molecular weight excluding hydrogens is 388 g/mol. The fourth-order valence-corrected chi connectivity index (χ4v) is 0.811. The molecule has 0 spiro atoms. The summed E-state index contributed by atoms with van der Waals surface area (Å²) in [7, 11) is 0. The van der Waals surface area contributed by atoms with Gasteiger partial charge in [0.2, 0.25) is 0 Å². The first-order valence-electron chi connectivity index (χ1n) is 8.19. The van der Waals surface area contributed by atoms with Gasteiger partial charge in [0.25, 0.3) is 0 Å². The third kappa shape index (κ3) is 20.0. The molecule has 0 aliphatic heterocycles. The van der Waals surface area contributed by atoms with Crippen LogP contribution in [0.2, 0.25) is 0 Å². The average molecular weight is 422 g/mol. The van der Waals surface area contributed by atoms with E-state index in [4.69, 9.17) is 35.7 Å². The first-order chi connectivity index (χ1) is 13.1. The minimum Gasteiger partial charge on any atom is -0.478 e. The van der Waals surface area contributed by atoms with E-state index in [0.717, 1.165) is 0 Å². The lowest BCUT2D eigenvalue weighted by Crippen LogP contribution is -2.41. The molecule has 0 saturated carbocycles. The van der Waals surface area contributed by atoms with Crippen molar-refractivity contribution in [2.75, 3.05) is 26.4 Å². The number of aliphatic carboxylic acids is 3. The van der Waals surface area contributed by atoms with Gasteiger partial charge in [-0.1, -0.05) is 26.7 Å². The van der Waals surface area contributed by atoms with Gasteiger partial charge in [-0.15, -0.1) is 0 Å². The molecule has 0 radical (unpaired) electrons. The van der Waals surface area contributed by atoms with Gasteiger partial charge < -0.3 is 35.7 Å². The first-order valence-corrected chi connectivity index (χ1v) is 8.19. The van der Waals surface area contributed by atoms with Gasteiger partial charge in [-0.3, -0.25) is 0 Å². The SMILES string of the molecule is C=C(C)C(=O)O.C=C(C)C(=O)O.C=C(C)C(=O)O.CC(CO)C(CO)(CO)CO. The molecule has 10 heteroatoms. The van der Waals surface area contributed by atoms with Gasteiger partial charge in [-0.2, -0.15) is 0 Å². The molecule has 1 unspecified atom stereocenters. The monoisotopic (exact) mass is 422 g/mol. The van der Waals surface area contributed by atoms with Crippen molar-refractivity contribution in [1.82, 2.24) is 0 Å². The Kier molecular flexibility index (Phi) is 22.1. The lowest BCUT2D eigenvalue weighted by molar-refractivity contribution is -0.133. The van der Waals surface area contributed by atoms with Crippen molar-refractivity contribution < 1.29 is 50.1 Å². The zero-order chi connectivity index (χ0) is 24.4. The van der Waals surface area contributed by atoms with E-state index in [1.165, 1.54) is 20.8 Å². The minimum absolute atomic E-state index is 0.151. The molecule has 0 aromatic carbocycles. The highest BCUT2D eigenvalue weighted by Crippen LogP contribution is 2.25. The van der Waals surface area contributed by atoms with Gasteiger partial charge in [0.1, 0.15) is 0 Å². The van der Waals surface area contributed by atoms with Crippen LogP contribution in [-0.4, -0.2) is 80.1 Å². The fourth-order valence-electron chi connectivity index (χ4n) is 0.811. The van der Waals surface area contributed by atoms with Crippen LogP contribution in [0.25, 0.3) is 0 Å². The molecule has 0 rings (SSSR count). The molecule has 0 heterocycles. The van der Waals surface area contributed by atoms with Gasteiger partial charge in [0.05, 0.1) is 19.8 Å². The number of carboxylic acids is 3. The summed E-state index contributed by atoms with van der Waals surface area (Å²) in [5.41, 5.74) is -0.422. The van der Waals surface area contributed by atoms with E-state index in [9.17, 15) is 14.4 Å². The molecule has 29 heavy (non-hydrogen) atoms. The maximum absolute atomic E-state index is 9.60. The number of aliphatic hydroxyl groups is 4. The van der Waals surface area contributed by atoms with E-state index in [2.05, 4.69) is 19.7 Å². The number of carboxylic acid groups (broad SMARTS) is 3. The van der Waals surface area contributed by atoms with Gasteiger partial charge in [-0.25, -0.2) is 14.4 Å². The van der Waals surface area contributed by atoms with E-state index in [0.29, 0.717) is 0 Å². The van der Waals surface area contributed by atoms with E-state index < -0.39 is 23.3 Å². The molecule has 1 atom stereocenters. The van der Waals surface area contributed by atoms with Gasteiger partial charge in [0.15, 0.2) is 0 Å². The summed E-state index contributed by atoms with van der Waals surface area (Å²) in [6.45, 7) is 14.4. The highest BCUT2D eigenvalue weighted by molar-refractivity contribution is 5.85. The summed E-state index contributed by atoms with van der Waals surface area (Å²) in [6, 6.07) is 0. The zero-order valence-electron chi connectivity index (χ0n) is 17.4. The van der Waals surface area contributed by atoms with Crippen LogP contribution >= 0.6 is 0 Å². The lowest BCUT2D eigenvalue weighted by Gasteiger charge is -2.32. The van der Waals surface area contributed by atoms with E-state index >= 15 is 0 Å². The lowest BCUT2D eigenvalue weighted by atomic mass is 9.79. The maximum Gasteiger partial charge on any atom is 0.330 e. The van der Waals surface area contributed by atoms with Crippen molar-refractivity contribution in [3.8, 4) is 0 Å². The van der Waals surface area contributed by atoms with Crippen LogP contribution in [0.4, 0.5) is 0 Å². The second-order valence-electron chi connectivity index (χ2n) is 6.18. The Morgan fingerprint density at radius 1 is 0.690 bits per heavy atom. The molecule has 0 bridgehead atoms. The van der Waals surface area contributed by atoms with Crippen molar-refractivity contribution in [1.29, 1.82) is 0 Å². The number of aliphatic hydroxyl groups excluding tert-OH is 4. The normalized spacial score (nSPS) is 10.3. The van der Waals surface area contributed by atoms with Crippen LogP contribution < -0.4 is 0 Å². The second kappa shape index (κ2) is 18.8. The molecule has 0 fully saturated rings. The molecular formula is C19H34O10. The van der Waals surface area contributed by atoms with Gasteiger partial charge in [-0.05, 0) is 26.7 Å². The largest absolute Gasteiger partial charge is 0.478 e. The second-order valence-corrected chi connectivity index (χ2v) is 6.18. The number of rotatable bonds is 8. The Morgan fingerprint density at radius 2 is 0.862 bits per heavy atom. The molecule has 10 nitrogen and oxygen atoms in total. The Morgan fingerprint density at radius 3 is 0.897 bits per heavy atom. The summed E-state index contributed by atoms with van der Waals surface area (Å²) < 4.78 is 0. The van der Waals surface area contributed by atoms with Crippen molar-refractivity contribution >= 4 is 17.9 Å². The topological polar surface area (TPSA) is 193 Å². The third-order valence-electron chi connectivity index (χ3n) is 3.36. The summed E-state index contributed by atoms with van der Waals surface area (Å²) in [6.07, 6.45) is 0.